The fourth-order valence-corrected chi connectivity index (χ4v) is 7.75. The molecule has 0 bridgehead atoms. The van der Waals surface area contributed by atoms with Crippen molar-refractivity contribution in [3.63, 3.8) is 0 Å². The normalized spacial score (nSPS) is 11.8. The van der Waals surface area contributed by atoms with Crippen LogP contribution in [-0.2, 0) is 0 Å². The van der Waals surface area contributed by atoms with Crippen LogP contribution in [0, 0.1) is 0 Å². The Morgan fingerprint density at radius 1 is 0.298 bits per heavy atom. The van der Waals surface area contributed by atoms with Gasteiger partial charge in [-0.15, -0.1) is 0 Å². The van der Waals surface area contributed by atoms with Gasteiger partial charge in [0.05, 0.1) is 0 Å². The Morgan fingerprint density at radius 2 is 0.872 bits per heavy atom. The largest absolute Gasteiger partial charge is 0.456 e. The highest BCUT2D eigenvalue weighted by molar-refractivity contribution is 6.24. The fourth-order valence-electron chi connectivity index (χ4n) is 7.75. The highest BCUT2D eigenvalue weighted by Crippen LogP contribution is 2.46. The third kappa shape index (κ3) is 3.97. The van der Waals surface area contributed by atoms with Gasteiger partial charge < -0.3 is 4.42 Å². The van der Waals surface area contributed by atoms with E-state index in [1.807, 2.05) is 0 Å². The van der Waals surface area contributed by atoms with Crippen molar-refractivity contribution in [1.82, 2.24) is 0 Å². The van der Waals surface area contributed by atoms with Gasteiger partial charge in [-0.3, -0.25) is 0 Å². The van der Waals surface area contributed by atoms with Crippen LogP contribution in [0.15, 0.2) is 174 Å². The van der Waals surface area contributed by atoms with Crippen LogP contribution in [0.2, 0.25) is 0 Å². The van der Waals surface area contributed by atoms with Crippen LogP contribution in [0.3, 0.4) is 0 Å². The first-order valence-electron chi connectivity index (χ1n) is 16.2. The van der Waals surface area contributed by atoms with Crippen molar-refractivity contribution in [2.75, 3.05) is 0 Å². The van der Waals surface area contributed by atoms with Crippen LogP contribution in [-0.4, -0.2) is 0 Å². The van der Waals surface area contributed by atoms with Crippen molar-refractivity contribution in [3.8, 4) is 33.4 Å². The Bertz CT molecular complexity index is 2780. The van der Waals surface area contributed by atoms with Crippen LogP contribution in [0.4, 0.5) is 0 Å². The lowest BCUT2D eigenvalue weighted by molar-refractivity contribution is 0.669. The van der Waals surface area contributed by atoms with Gasteiger partial charge >= 0.3 is 0 Å². The smallest absolute Gasteiger partial charge is 0.136 e. The van der Waals surface area contributed by atoms with Crippen molar-refractivity contribution in [2.45, 2.75) is 0 Å². The van der Waals surface area contributed by atoms with E-state index in [0.717, 1.165) is 16.6 Å². The number of hydrogen-bond acceptors (Lipinski definition) is 1. The lowest BCUT2D eigenvalue weighted by atomic mass is 9.84. The molecule has 0 unspecified atom stereocenters. The van der Waals surface area contributed by atoms with Gasteiger partial charge in [0.25, 0.3) is 0 Å². The topological polar surface area (TPSA) is 13.1 Å². The van der Waals surface area contributed by atoms with Gasteiger partial charge in [0.2, 0.25) is 0 Å². The highest BCUT2D eigenvalue weighted by atomic mass is 16.3. The molecule has 0 fully saturated rings. The molecular formula is C46H28O. The summed E-state index contributed by atoms with van der Waals surface area (Å²) in [7, 11) is 0. The molecule has 9 aromatic carbocycles. The molecule has 1 heteroatoms. The second kappa shape index (κ2) is 10.2. The summed E-state index contributed by atoms with van der Waals surface area (Å²) in [5, 5.41) is 12.3. The molecule has 0 atom stereocenters. The summed E-state index contributed by atoms with van der Waals surface area (Å²) in [6, 6.07) is 61.6. The van der Waals surface area contributed by atoms with Crippen LogP contribution in [0.25, 0.3) is 98.4 Å². The molecule has 0 aliphatic carbocycles. The summed E-state index contributed by atoms with van der Waals surface area (Å²) in [6.45, 7) is 0. The lowest BCUT2D eigenvalue weighted by Gasteiger charge is -2.19. The average molecular weight is 597 g/mol. The molecule has 10 aromatic rings. The van der Waals surface area contributed by atoms with E-state index in [0.29, 0.717) is 0 Å². The molecule has 0 saturated carbocycles. The summed E-state index contributed by atoms with van der Waals surface area (Å²) in [4.78, 5) is 0. The van der Waals surface area contributed by atoms with E-state index < -0.39 is 0 Å². The van der Waals surface area contributed by atoms with Crippen LogP contribution < -0.4 is 0 Å². The van der Waals surface area contributed by atoms with Crippen LogP contribution in [0.1, 0.15) is 0 Å². The third-order valence-electron chi connectivity index (χ3n) is 9.82. The molecular weight excluding hydrogens is 569 g/mol. The second-order valence-corrected chi connectivity index (χ2v) is 12.4. The molecule has 0 saturated heterocycles. The monoisotopic (exact) mass is 596 g/mol. The molecule has 0 amide bonds. The van der Waals surface area contributed by atoms with Gasteiger partial charge in [-0.1, -0.05) is 140 Å². The first-order chi connectivity index (χ1) is 23.3. The van der Waals surface area contributed by atoms with E-state index in [-0.39, 0.29) is 0 Å². The Kier molecular flexibility index (Phi) is 5.64. The first-order valence-corrected chi connectivity index (χ1v) is 16.2. The standard InChI is InChI=1S/C46H28O/c1-2-13-30(14-3-1)44-36-18-8-10-20-38(36)45(39-21-11-9-19-37(39)44)40-28-33(26-32-15-5-6-16-34(32)40)31-23-24-42-41(27-31)46-35-17-7-4-12-29(35)22-25-43(46)47-42/h1-28H. The quantitative estimate of drug-likeness (QED) is 0.185. The predicted octanol–water partition coefficient (Wildman–Crippen LogP) is 13.2. The predicted molar refractivity (Wildman–Crippen MR) is 200 cm³/mol. The van der Waals surface area contributed by atoms with Gasteiger partial charge in [0.15, 0.2) is 0 Å². The molecule has 1 nitrogen and oxygen atoms in total. The molecule has 1 heterocycles. The van der Waals surface area contributed by atoms with Gasteiger partial charge in [-0.25, -0.2) is 0 Å². The lowest BCUT2D eigenvalue weighted by Crippen LogP contribution is -1.92. The summed E-state index contributed by atoms with van der Waals surface area (Å²) >= 11 is 0. The van der Waals surface area contributed by atoms with E-state index in [2.05, 4.69) is 170 Å². The van der Waals surface area contributed by atoms with Crippen LogP contribution >= 0.6 is 0 Å². The minimum absolute atomic E-state index is 0.912. The van der Waals surface area contributed by atoms with Crippen molar-refractivity contribution in [3.05, 3.63) is 170 Å². The van der Waals surface area contributed by atoms with Crippen molar-refractivity contribution in [1.29, 1.82) is 0 Å². The third-order valence-corrected chi connectivity index (χ3v) is 9.82. The molecule has 0 aliphatic heterocycles. The molecule has 1 aromatic heterocycles. The molecule has 0 N–H and O–H groups in total. The van der Waals surface area contributed by atoms with E-state index in [1.165, 1.54) is 81.9 Å². The van der Waals surface area contributed by atoms with E-state index in [4.69, 9.17) is 4.42 Å². The summed E-state index contributed by atoms with van der Waals surface area (Å²) in [5.74, 6) is 0. The molecule has 0 radical (unpaired) electrons. The summed E-state index contributed by atoms with van der Waals surface area (Å²) in [5.41, 5.74) is 9.23. The summed E-state index contributed by atoms with van der Waals surface area (Å²) < 4.78 is 6.36. The second-order valence-electron chi connectivity index (χ2n) is 12.4. The Labute approximate surface area is 271 Å². The number of furan rings is 1. The fraction of sp³-hybridized carbons (Fsp3) is 0. The number of hydrogen-bond donors (Lipinski definition) is 0. The number of fused-ring (bicyclic) bond motifs is 8. The maximum atomic E-state index is 6.36. The molecule has 218 valence electrons. The maximum absolute atomic E-state index is 6.36. The van der Waals surface area contributed by atoms with E-state index in [9.17, 15) is 0 Å². The SMILES string of the molecule is c1ccc(-c2c3ccccc3c(-c3cc(-c4ccc5oc6ccc7ccccc7c6c5c4)cc4ccccc34)c3ccccc23)cc1. The van der Waals surface area contributed by atoms with Gasteiger partial charge in [-0.2, -0.15) is 0 Å². The van der Waals surface area contributed by atoms with Gasteiger partial charge in [0.1, 0.15) is 11.2 Å². The number of benzene rings is 9. The average Bonchev–Trinajstić information content (AvgIpc) is 3.52. The Hall–Kier alpha value is -6.18. The molecule has 0 aliphatic rings. The summed E-state index contributed by atoms with van der Waals surface area (Å²) in [6.07, 6.45) is 0. The van der Waals surface area contributed by atoms with E-state index in [1.54, 1.807) is 0 Å². The first kappa shape index (κ1) is 26.1. The molecule has 0 spiro atoms. The molecule has 47 heavy (non-hydrogen) atoms. The zero-order chi connectivity index (χ0) is 30.9. The minimum Gasteiger partial charge on any atom is -0.456 e. The van der Waals surface area contributed by atoms with Gasteiger partial charge in [-0.05, 0) is 107 Å². The zero-order valence-electron chi connectivity index (χ0n) is 25.6. The number of rotatable bonds is 3. The maximum Gasteiger partial charge on any atom is 0.136 e. The van der Waals surface area contributed by atoms with Crippen molar-refractivity contribution < 1.29 is 4.42 Å². The highest BCUT2D eigenvalue weighted by Gasteiger charge is 2.19. The Balaban J connectivity index is 1.29. The van der Waals surface area contributed by atoms with E-state index >= 15 is 0 Å². The zero-order valence-corrected chi connectivity index (χ0v) is 25.6. The van der Waals surface area contributed by atoms with Crippen molar-refractivity contribution in [2.24, 2.45) is 0 Å². The Morgan fingerprint density at radius 3 is 1.60 bits per heavy atom. The van der Waals surface area contributed by atoms with Crippen LogP contribution in [0.5, 0.6) is 0 Å². The van der Waals surface area contributed by atoms with Gasteiger partial charge in [0, 0.05) is 10.8 Å². The minimum atomic E-state index is 0.912. The van der Waals surface area contributed by atoms with Crippen molar-refractivity contribution >= 4 is 65.0 Å². The molecule has 10 rings (SSSR count).